The van der Waals surface area contributed by atoms with Crippen LogP contribution in [0, 0.1) is 0 Å². The molecular formula is C42H47N3O. The second kappa shape index (κ2) is 16.2. The van der Waals surface area contributed by atoms with Gasteiger partial charge in [-0.2, -0.15) is 5.10 Å². The van der Waals surface area contributed by atoms with Gasteiger partial charge in [-0.3, -0.25) is 5.01 Å². The Morgan fingerprint density at radius 3 is 2.11 bits per heavy atom. The van der Waals surface area contributed by atoms with Crippen LogP contribution in [0.25, 0.3) is 28.6 Å². The van der Waals surface area contributed by atoms with E-state index in [1.165, 1.54) is 80.9 Å². The normalized spacial score (nSPS) is 14.8. The van der Waals surface area contributed by atoms with E-state index in [9.17, 15) is 0 Å². The molecule has 236 valence electrons. The Labute approximate surface area is 274 Å². The number of aryl methyl sites for hydroxylation is 1. The number of allylic oxidation sites excluding steroid dienone is 1. The predicted molar refractivity (Wildman–Crippen MR) is 194 cm³/mol. The van der Waals surface area contributed by atoms with E-state index in [1.54, 1.807) is 0 Å². The van der Waals surface area contributed by atoms with Gasteiger partial charge in [-0.1, -0.05) is 138 Å². The molecule has 1 aliphatic heterocycles. The van der Waals surface area contributed by atoms with E-state index in [-0.39, 0.29) is 6.04 Å². The number of fused-ring (bicyclic) bond motifs is 1. The molecule has 4 aromatic carbocycles. The molecule has 4 heteroatoms. The summed E-state index contributed by atoms with van der Waals surface area (Å²) in [5, 5.41) is 7.21. The average Bonchev–Trinajstić information content (AvgIpc) is 3.74. The van der Waals surface area contributed by atoms with Crippen LogP contribution in [-0.2, 0) is 6.42 Å². The van der Waals surface area contributed by atoms with E-state index >= 15 is 0 Å². The highest BCUT2D eigenvalue weighted by Gasteiger charge is 2.28. The van der Waals surface area contributed by atoms with Crippen molar-refractivity contribution in [1.29, 1.82) is 0 Å². The van der Waals surface area contributed by atoms with Crippen molar-refractivity contribution in [3.63, 3.8) is 0 Å². The first-order valence-corrected chi connectivity index (χ1v) is 17.4. The van der Waals surface area contributed by atoms with Gasteiger partial charge in [0.25, 0.3) is 0 Å². The number of hydrogen-bond acceptors (Lipinski definition) is 4. The first-order chi connectivity index (χ1) is 22.8. The van der Waals surface area contributed by atoms with Gasteiger partial charge in [-0.15, -0.1) is 0 Å². The number of hydrazone groups is 1. The second-order valence-corrected chi connectivity index (χ2v) is 12.6. The summed E-state index contributed by atoms with van der Waals surface area (Å²) in [5.41, 5.74) is 8.64. The zero-order valence-corrected chi connectivity index (χ0v) is 27.3. The lowest BCUT2D eigenvalue weighted by atomic mass is 10.0. The lowest BCUT2D eigenvalue weighted by Crippen LogP contribution is -2.18. The summed E-state index contributed by atoms with van der Waals surface area (Å²) < 4.78 is 6.20. The molecule has 1 aromatic heterocycles. The molecule has 0 radical (unpaired) electrons. The lowest BCUT2D eigenvalue weighted by molar-refractivity contribution is 0.556. The Kier molecular flexibility index (Phi) is 11.1. The van der Waals surface area contributed by atoms with Crippen molar-refractivity contribution in [2.24, 2.45) is 5.10 Å². The van der Waals surface area contributed by atoms with Gasteiger partial charge in [0, 0.05) is 12.0 Å². The molecule has 0 saturated heterocycles. The van der Waals surface area contributed by atoms with Crippen LogP contribution in [0.4, 0.5) is 5.69 Å². The molecular weight excluding hydrogens is 562 g/mol. The van der Waals surface area contributed by atoms with E-state index < -0.39 is 0 Å². The summed E-state index contributed by atoms with van der Waals surface area (Å²) >= 11 is 0. The van der Waals surface area contributed by atoms with Crippen molar-refractivity contribution < 1.29 is 4.42 Å². The molecule has 0 fully saturated rings. The Hall–Kier alpha value is -4.44. The fourth-order valence-electron chi connectivity index (χ4n) is 6.39. The van der Waals surface area contributed by atoms with Crippen LogP contribution in [0.1, 0.15) is 100 Å². The summed E-state index contributed by atoms with van der Waals surface area (Å²) in [6.45, 7) is 2.28. The third kappa shape index (κ3) is 8.42. The largest absolute Gasteiger partial charge is 0.436 e. The SMILES string of the molecule is CCCCCCCCCCCCc1ccc2oc(-c3ccc(N4N=C(C=Cc5ccccc5)CC4c4ccccc4)cc3)nc2c1. The molecule has 1 atom stereocenters. The van der Waals surface area contributed by atoms with Crippen LogP contribution >= 0.6 is 0 Å². The van der Waals surface area contributed by atoms with Gasteiger partial charge >= 0.3 is 0 Å². The standard InChI is InChI=1S/C42H47N3O/c1-2-3-4-5-6-7-8-9-10-13-20-34-24-30-41-39(31-34)43-42(46-41)36-25-28-38(29-26-36)45-40(35-21-16-12-17-22-35)32-37(44-45)27-23-33-18-14-11-15-19-33/h11-12,14-19,21-31,40H,2-10,13,20,32H2,1H3. The molecule has 0 spiro atoms. The molecule has 6 rings (SSSR count). The Morgan fingerprint density at radius 1 is 0.717 bits per heavy atom. The fourth-order valence-corrected chi connectivity index (χ4v) is 6.39. The predicted octanol–water partition coefficient (Wildman–Crippen LogP) is 12.0. The van der Waals surface area contributed by atoms with Gasteiger partial charge in [0.1, 0.15) is 5.52 Å². The van der Waals surface area contributed by atoms with Crippen molar-refractivity contribution in [3.05, 3.63) is 126 Å². The molecule has 46 heavy (non-hydrogen) atoms. The second-order valence-electron chi connectivity index (χ2n) is 12.6. The van der Waals surface area contributed by atoms with E-state index in [4.69, 9.17) is 14.5 Å². The van der Waals surface area contributed by atoms with Gasteiger partial charge in [0.15, 0.2) is 5.58 Å². The number of oxazole rings is 1. The number of nitrogens with zero attached hydrogens (tertiary/aromatic N) is 3. The highest BCUT2D eigenvalue weighted by Crippen LogP contribution is 2.37. The third-order valence-corrected chi connectivity index (χ3v) is 9.04. The fraction of sp³-hybridized carbons (Fsp3) is 0.333. The van der Waals surface area contributed by atoms with Crippen molar-refractivity contribution in [2.75, 3.05) is 5.01 Å². The van der Waals surface area contributed by atoms with Crippen molar-refractivity contribution in [1.82, 2.24) is 4.98 Å². The minimum atomic E-state index is 0.140. The highest BCUT2D eigenvalue weighted by atomic mass is 16.3. The molecule has 1 aliphatic rings. The van der Waals surface area contributed by atoms with E-state index in [1.807, 2.05) is 6.07 Å². The zero-order chi connectivity index (χ0) is 31.4. The van der Waals surface area contributed by atoms with Crippen molar-refractivity contribution in [2.45, 2.75) is 90.0 Å². The molecule has 4 nitrogen and oxygen atoms in total. The zero-order valence-electron chi connectivity index (χ0n) is 27.3. The maximum absolute atomic E-state index is 6.20. The van der Waals surface area contributed by atoms with E-state index in [0.717, 1.165) is 40.9 Å². The van der Waals surface area contributed by atoms with Crippen LogP contribution in [0.5, 0.6) is 0 Å². The van der Waals surface area contributed by atoms with Crippen LogP contribution in [0.15, 0.2) is 119 Å². The highest BCUT2D eigenvalue weighted by molar-refractivity contribution is 6.01. The lowest BCUT2D eigenvalue weighted by Gasteiger charge is -2.24. The van der Waals surface area contributed by atoms with Crippen LogP contribution in [0.3, 0.4) is 0 Å². The molecule has 0 amide bonds. The van der Waals surface area contributed by atoms with Gasteiger partial charge in [-0.25, -0.2) is 4.98 Å². The van der Waals surface area contributed by atoms with Crippen molar-refractivity contribution >= 4 is 28.6 Å². The minimum Gasteiger partial charge on any atom is -0.436 e. The summed E-state index contributed by atoms with van der Waals surface area (Å²) in [6.07, 6.45) is 19.8. The summed E-state index contributed by atoms with van der Waals surface area (Å²) in [7, 11) is 0. The van der Waals surface area contributed by atoms with Crippen LogP contribution in [-0.4, -0.2) is 10.7 Å². The quantitative estimate of drug-likeness (QED) is 0.105. The molecule has 1 unspecified atom stereocenters. The number of anilines is 1. The Morgan fingerprint density at radius 2 is 1.39 bits per heavy atom. The molecule has 0 aliphatic carbocycles. The number of hydrogen-bond donors (Lipinski definition) is 0. The van der Waals surface area contributed by atoms with Gasteiger partial charge in [-0.05, 0) is 72.0 Å². The number of benzene rings is 4. The Balaban J connectivity index is 1.08. The van der Waals surface area contributed by atoms with E-state index in [2.05, 4.69) is 121 Å². The first kappa shape index (κ1) is 31.5. The molecule has 0 N–H and O–H groups in total. The topological polar surface area (TPSA) is 41.6 Å². The van der Waals surface area contributed by atoms with Gasteiger partial charge < -0.3 is 4.42 Å². The molecule has 0 bridgehead atoms. The summed E-state index contributed by atoms with van der Waals surface area (Å²) in [5.74, 6) is 0.661. The number of unbranched alkanes of at least 4 members (excludes halogenated alkanes) is 9. The van der Waals surface area contributed by atoms with E-state index in [0.29, 0.717) is 5.89 Å². The Bertz CT molecular complexity index is 1700. The van der Waals surface area contributed by atoms with Crippen LogP contribution in [0.2, 0.25) is 0 Å². The minimum absolute atomic E-state index is 0.140. The third-order valence-electron chi connectivity index (χ3n) is 9.04. The molecule has 5 aromatic rings. The first-order valence-electron chi connectivity index (χ1n) is 17.4. The monoisotopic (exact) mass is 609 g/mol. The maximum Gasteiger partial charge on any atom is 0.227 e. The maximum atomic E-state index is 6.20. The number of aromatic nitrogens is 1. The molecule has 2 heterocycles. The smallest absolute Gasteiger partial charge is 0.227 e. The molecule has 0 saturated carbocycles. The van der Waals surface area contributed by atoms with Crippen LogP contribution < -0.4 is 5.01 Å². The average molecular weight is 610 g/mol. The summed E-state index contributed by atoms with van der Waals surface area (Å²) in [6, 6.07) is 36.1. The van der Waals surface area contributed by atoms with Gasteiger partial charge in [0.2, 0.25) is 5.89 Å². The van der Waals surface area contributed by atoms with Crippen molar-refractivity contribution in [3.8, 4) is 11.5 Å². The number of rotatable bonds is 16. The van der Waals surface area contributed by atoms with Gasteiger partial charge in [0.05, 0.1) is 17.4 Å². The summed E-state index contributed by atoms with van der Waals surface area (Å²) in [4.78, 5) is 4.88.